The number of aliphatic imine (C=N–C) groups is 3. The summed E-state index contributed by atoms with van der Waals surface area (Å²) in [5, 5.41) is 7.64. The molecule has 3 N–H and O–H groups in total. The average Bonchev–Trinajstić information content (AvgIpc) is 3.31. The van der Waals surface area contributed by atoms with E-state index in [9.17, 15) is 0 Å². The Hall–Kier alpha value is -3.42. The molecule has 2 atom stereocenters. The third-order valence-corrected chi connectivity index (χ3v) is 4.58. The number of likely N-dealkylation sites (N-methyl/N-ethyl adjacent to an activating group) is 1. The topological polar surface area (TPSA) is 96.2 Å². The number of guanidine groups is 1. The maximum atomic E-state index is 6.22. The molecule has 138 valence electrons. The van der Waals surface area contributed by atoms with Crippen molar-refractivity contribution in [2.75, 3.05) is 6.54 Å². The molecule has 1 aromatic carbocycles. The van der Waals surface area contributed by atoms with Crippen molar-refractivity contribution in [3.63, 3.8) is 0 Å². The largest absolute Gasteiger partial charge is 0.385 e. The number of hydrogen-bond donors (Lipinski definition) is 2. The molecule has 8 nitrogen and oxygen atoms in total. The Bertz CT molecular complexity index is 924. The molecule has 2 aromatic rings. The molecule has 2 unspecified atom stereocenters. The van der Waals surface area contributed by atoms with Crippen LogP contribution in [0.5, 0.6) is 0 Å². The van der Waals surface area contributed by atoms with Crippen molar-refractivity contribution in [3.05, 3.63) is 60.4 Å². The fraction of sp³-hybridized carbons (Fsp3) is 0.263. The molecule has 2 aliphatic rings. The Kier molecular flexibility index (Phi) is 4.45. The highest BCUT2D eigenvalue weighted by atomic mass is 15.5. The summed E-state index contributed by atoms with van der Waals surface area (Å²) in [7, 11) is 0. The third-order valence-electron chi connectivity index (χ3n) is 4.58. The van der Waals surface area contributed by atoms with E-state index in [0.29, 0.717) is 24.3 Å². The molecule has 0 saturated carbocycles. The zero-order valence-electron chi connectivity index (χ0n) is 15.2. The average molecular weight is 362 g/mol. The van der Waals surface area contributed by atoms with E-state index in [2.05, 4.69) is 45.9 Å². The van der Waals surface area contributed by atoms with Gasteiger partial charge in [0.15, 0.2) is 12.2 Å². The first-order valence-corrected chi connectivity index (χ1v) is 8.91. The van der Waals surface area contributed by atoms with Crippen LogP contribution >= 0.6 is 0 Å². The Labute approximate surface area is 157 Å². The van der Waals surface area contributed by atoms with Crippen molar-refractivity contribution in [1.82, 2.24) is 20.0 Å². The van der Waals surface area contributed by atoms with Crippen molar-refractivity contribution in [1.29, 1.82) is 0 Å². The first kappa shape index (κ1) is 17.0. The molecule has 1 aromatic heterocycles. The van der Waals surface area contributed by atoms with Gasteiger partial charge in [-0.2, -0.15) is 10.1 Å². The van der Waals surface area contributed by atoms with Gasteiger partial charge < -0.3 is 16.0 Å². The highest BCUT2D eigenvalue weighted by molar-refractivity contribution is 6.03. The van der Waals surface area contributed by atoms with Crippen LogP contribution in [0.1, 0.15) is 18.1 Å². The molecule has 0 aliphatic carbocycles. The standard InChI is InChI=1S/C19H22N8/c1-3-13-11-22-27(12-13)19-23-15-16(20)24-18(25-17(15)26(19)4-2)21-10-14-8-6-5-7-9-14/h3,5-9,11-12,15,17H,1,4,10H2,2H3,(H3,20,21,24,25). The molecule has 0 fully saturated rings. The molecule has 2 aliphatic heterocycles. The van der Waals surface area contributed by atoms with Crippen LogP contribution in [0, 0.1) is 0 Å². The molecular weight excluding hydrogens is 340 g/mol. The van der Waals surface area contributed by atoms with E-state index >= 15 is 0 Å². The quantitative estimate of drug-likeness (QED) is 0.856. The lowest BCUT2D eigenvalue weighted by molar-refractivity contribution is 0.338. The van der Waals surface area contributed by atoms with Gasteiger partial charge in [0.2, 0.25) is 11.9 Å². The maximum Gasteiger partial charge on any atom is 0.224 e. The number of fused-ring (bicyclic) bond motifs is 1. The zero-order valence-corrected chi connectivity index (χ0v) is 15.2. The van der Waals surface area contributed by atoms with Crippen LogP contribution in [0.3, 0.4) is 0 Å². The summed E-state index contributed by atoms with van der Waals surface area (Å²) in [6, 6.07) is 9.80. The van der Waals surface area contributed by atoms with Crippen molar-refractivity contribution < 1.29 is 0 Å². The number of benzene rings is 1. The van der Waals surface area contributed by atoms with Gasteiger partial charge in [-0.3, -0.25) is 0 Å². The molecule has 0 bridgehead atoms. The van der Waals surface area contributed by atoms with Crippen LogP contribution in [0.15, 0.2) is 64.3 Å². The van der Waals surface area contributed by atoms with Crippen LogP contribution in [-0.4, -0.2) is 51.2 Å². The highest BCUT2D eigenvalue weighted by Gasteiger charge is 2.41. The van der Waals surface area contributed by atoms with Crippen molar-refractivity contribution >= 4 is 23.8 Å². The summed E-state index contributed by atoms with van der Waals surface area (Å²) in [4.78, 5) is 16.0. The van der Waals surface area contributed by atoms with Gasteiger partial charge in [-0.15, -0.1) is 0 Å². The predicted molar refractivity (Wildman–Crippen MR) is 107 cm³/mol. The van der Waals surface area contributed by atoms with E-state index < -0.39 is 0 Å². The van der Waals surface area contributed by atoms with Gasteiger partial charge in [0.05, 0.1) is 6.20 Å². The van der Waals surface area contributed by atoms with Gasteiger partial charge >= 0.3 is 0 Å². The number of rotatable bonds is 4. The second-order valence-electron chi connectivity index (χ2n) is 6.32. The molecule has 3 heterocycles. The first-order valence-electron chi connectivity index (χ1n) is 8.91. The summed E-state index contributed by atoms with van der Waals surface area (Å²) >= 11 is 0. The van der Waals surface area contributed by atoms with Crippen molar-refractivity contribution in [2.45, 2.75) is 25.7 Å². The summed E-state index contributed by atoms with van der Waals surface area (Å²) in [6.07, 6.45) is 5.16. The van der Waals surface area contributed by atoms with E-state index in [0.717, 1.165) is 17.7 Å². The minimum Gasteiger partial charge on any atom is -0.385 e. The fourth-order valence-electron chi connectivity index (χ4n) is 3.19. The smallest absolute Gasteiger partial charge is 0.224 e. The Morgan fingerprint density at radius 3 is 2.78 bits per heavy atom. The van der Waals surface area contributed by atoms with Gasteiger partial charge in [-0.25, -0.2) is 14.7 Å². The van der Waals surface area contributed by atoms with E-state index in [-0.39, 0.29) is 12.2 Å². The molecule has 27 heavy (non-hydrogen) atoms. The van der Waals surface area contributed by atoms with Crippen LogP contribution in [0.25, 0.3) is 6.08 Å². The summed E-state index contributed by atoms with van der Waals surface area (Å²) in [5.41, 5.74) is 8.30. The Morgan fingerprint density at radius 2 is 2.07 bits per heavy atom. The lowest BCUT2D eigenvalue weighted by Crippen LogP contribution is -2.48. The molecule has 0 radical (unpaired) electrons. The number of amidine groups is 1. The minimum atomic E-state index is -0.307. The summed E-state index contributed by atoms with van der Waals surface area (Å²) < 4.78 is 1.73. The van der Waals surface area contributed by atoms with Gasteiger partial charge in [0.1, 0.15) is 5.84 Å². The highest BCUT2D eigenvalue weighted by Crippen LogP contribution is 2.23. The van der Waals surface area contributed by atoms with E-state index in [4.69, 9.17) is 15.7 Å². The van der Waals surface area contributed by atoms with Gasteiger partial charge in [-0.1, -0.05) is 43.0 Å². The second-order valence-corrected chi connectivity index (χ2v) is 6.32. The van der Waals surface area contributed by atoms with Crippen LogP contribution < -0.4 is 11.1 Å². The van der Waals surface area contributed by atoms with E-state index in [1.54, 1.807) is 17.0 Å². The minimum absolute atomic E-state index is 0.225. The van der Waals surface area contributed by atoms with Gasteiger partial charge in [-0.05, 0) is 12.5 Å². The third kappa shape index (κ3) is 3.21. The van der Waals surface area contributed by atoms with Crippen molar-refractivity contribution in [3.8, 4) is 0 Å². The maximum absolute atomic E-state index is 6.22. The lowest BCUT2D eigenvalue weighted by Gasteiger charge is -2.28. The van der Waals surface area contributed by atoms with E-state index in [1.165, 1.54) is 0 Å². The molecular formula is C19H22N8. The predicted octanol–water partition coefficient (Wildman–Crippen LogP) is 1.28. The second kappa shape index (κ2) is 7.06. The van der Waals surface area contributed by atoms with Crippen molar-refractivity contribution in [2.24, 2.45) is 20.7 Å². The zero-order chi connectivity index (χ0) is 18.8. The van der Waals surface area contributed by atoms with E-state index in [1.807, 2.05) is 24.4 Å². The molecule has 0 saturated heterocycles. The molecule has 8 heteroatoms. The lowest BCUT2D eigenvalue weighted by atomic mass is 10.2. The Morgan fingerprint density at radius 1 is 1.26 bits per heavy atom. The first-order chi connectivity index (χ1) is 13.2. The SMILES string of the molecule is C=Cc1cnn(C2=NC3C(N)=NC(NCc4ccccc4)=NC3N2CC)c1. The van der Waals surface area contributed by atoms with Crippen LogP contribution in [-0.2, 0) is 6.54 Å². The normalized spacial score (nSPS) is 21.2. The number of nitrogens with one attached hydrogen (secondary N) is 1. The summed E-state index contributed by atoms with van der Waals surface area (Å²) in [6.45, 7) is 7.20. The Balaban J connectivity index is 1.56. The monoisotopic (exact) mass is 362 g/mol. The van der Waals surface area contributed by atoms with Gasteiger partial charge in [0.25, 0.3) is 0 Å². The number of aromatic nitrogens is 2. The number of hydrogen-bond acceptors (Lipinski definition) is 7. The molecule has 0 spiro atoms. The molecule has 0 amide bonds. The molecule has 4 rings (SSSR count). The fourth-order valence-corrected chi connectivity index (χ4v) is 3.19. The summed E-state index contributed by atoms with van der Waals surface area (Å²) in [5.74, 6) is 1.70. The van der Waals surface area contributed by atoms with Crippen LogP contribution in [0.4, 0.5) is 0 Å². The number of nitrogens with zero attached hydrogens (tertiary/aromatic N) is 6. The van der Waals surface area contributed by atoms with Gasteiger partial charge in [0, 0.05) is 24.8 Å². The van der Waals surface area contributed by atoms with Crippen LogP contribution in [0.2, 0.25) is 0 Å². The number of nitrogens with two attached hydrogens (primary N) is 1.